The van der Waals surface area contributed by atoms with Gasteiger partial charge in [0.25, 0.3) is 0 Å². The van der Waals surface area contributed by atoms with E-state index in [1.165, 1.54) is 0 Å². The number of nitrogens with one attached hydrogen (secondary N) is 2. The van der Waals surface area contributed by atoms with E-state index in [0.717, 1.165) is 0 Å². The van der Waals surface area contributed by atoms with Gasteiger partial charge in [-0.05, 0) is 6.42 Å². The molecule has 1 aliphatic heterocycles. The van der Waals surface area contributed by atoms with Crippen molar-refractivity contribution in [2.75, 3.05) is 11.9 Å². The van der Waals surface area contributed by atoms with Crippen LogP contribution in [0.5, 0.6) is 0 Å². The predicted octanol–water partition coefficient (Wildman–Crippen LogP) is 1.16. The van der Waals surface area contributed by atoms with Gasteiger partial charge in [0.15, 0.2) is 5.69 Å². The van der Waals surface area contributed by atoms with Crippen molar-refractivity contribution < 1.29 is 27.9 Å². The average Bonchev–Trinajstić information content (AvgIpc) is 2.86. The Labute approximate surface area is 108 Å². The third-order valence-corrected chi connectivity index (χ3v) is 3.46. The van der Waals surface area contributed by atoms with Crippen molar-refractivity contribution in [1.82, 2.24) is 10.3 Å². The van der Waals surface area contributed by atoms with Gasteiger partial charge in [0.05, 0.1) is 0 Å². The van der Waals surface area contributed by atoms with Gasteiger partial charge in [0.2, 0.25) is 10.9 Å². The zero-order chi connectivity index (χ0) is 14.2. The first-order chi connectivity index (χ1) is 8.79. The second-order valence-electron chi connectivity index (χ2n) is 3.78. The van der Waals surface area contributed by atoms with Gasteiger partial charge in [0, 0.05) is 6.54 Å². The minimum Gasteiger partial charge on any atom is -0.476 e. The molecule has 6 nitrogen and oxygen atoms in total. The highest BCUT2D eigenvalue weighted by Crippen LogP contribution is 2.37. The SMILES string of the molecule is O=C(O)c1nc(C(F)(F)F)sc1N[C@@H]1CCNC1=O. The zero-order valence-corrected chi connectivity index (χ0v) is 10.1. The van der Waals surface area contributed by atoms with Crippen LogP contribution in [-0.2, 0) is 11.0 Å². The Morgan fingerprint density at radius 3 is 2.68 bits per heavy atom. The molecule has 0 aromatic carbocycles. The lowest BCUT2D eigenvalue weighted by Gasteiger charge is -2.09. The van der Waals surface area contributed by atoms with Crippen molar-refractivity contribution in [2.45, 2.75) is 18.6 Å². The molecule has 1 amide bonds. The van der Waals surface area contributed by atoms with E-state index >= 15 is 0 Å². The van der Waals surface area contributed by atoms with Gasteiger partial charge < -0.3 is 15.7 Å². The summed E-state index contributed by atoms with van der Waals surface area (Å²) in [5.74, 6) is -1.95. The number of carbonyl (C=O) groups excluding carboxylic acids is 1. The monoisotopic (exact) mass is 295 g/mol. The molecule has 1 atom stereocenters. The Morgan fingerprint density at radius 2 is 2.21 bits per heavy atom. The minimum atomic E-state index is -4.72. The molecule has 0 radical (unpaired) electrons. The highest BCUT2D eigenvalue weighted by atomic mass is 32.1. The maximum Gasteiger partial charge on any atom is 0.443 e. The Bertz CT molecular complexity index is 529. The second kappa shape index (κ2) is 4.68. The first kappa shape index (κ1) is 13.6. The molecule has 3 N–H and O–H groups in total. The van der Waals surface area contributed by atoms with Crippen LogP contribution in [0.1, 0.15) is 21.9 Å². The van der Waals surface area contributed by atoms with Crippen LogP contribution in [0.15, 0.2) is 0 Å². The summed E-state index contributed by atoms with van der Waals surface area (Å²) in [4.78, 5) is 25.2. The number of carboxylic acids is 1. The zero-order valence-electron chi connectivity index (χ0n) is 9.24. The van der Waals surface area contributed by atoms with E-state index in [1.807, 2.05) is 0 Å². The van der Waals surface area contributed by atoms with Crippen molar-refractivity contribution in [3.8, 4) is 0 Å². The summed E-state index contributed by atoms with van der Waals surface area (Å²) in [7, 11) is 0. The third kappa shape index (κ3) is 2.78. The molecule has 0 saturated carbocycles. The van der Waals surface area contributed by atoms with Crippen molar-refractivity contribution in [3.05, 3.63) is 10.7 Å². The van der Waals surface area contributed by atoms with Gasteiger partial charge >= 0.3 is 12.1 Å². The van der Waals surface area contributed by atoms with E-state index in [4.69, 9.17) is 5.11 Å². The molecule has 0 spiro atoms. The van der Waals surface area contributed by atoms with Crippen LogP contribution in [0.3, 0.4) is 0 Å². The maximum atomic E-state index is 12.5. The Kier molecular flexibility index (Phi) is 3.35. The Morgan fingerprint density at radius 1 is 1.53 bits per heavy atom. The highest BCUT2D eigenvalue weighted by molar-refractivity contribution is 7.16. The molecule has 2 heterocycles. The first-order valence-corrected chi connectivity index (χ1v) is 5.96. The topological polar surface area (TPSA) is 91.3 Å². The van der Waals surface area contributed by atoms with Crippen molar-refractivity contribution in [1.29, 1.82) is 0 Å². The van der Waals surface area contributed by atoms with Gasteiger partial charge in [-0.2, -0.15) is 13.2 Å². The summed E-state index contributed by atoms with van der Waals surface area (Å²) >= 11 is 0.176. The smallest absolute Gasteiger partial charge is 0.443 e. The number of thiazole rings is 1. The normalized spacial score (nSPS) is 19.3. The van der Waals surface area contributed by atoms with Gasteiger partial charge in [-0.25, -0.2) is 9.78 Å². The fourth-order valence-corrected chi connectivity index (χ4v) is 2.45. The van der Waals surface area contributed by atoms with Crippen LogP contribution in [-0.4, -0.2) is 34.6 Å². The molecule has 1 aromatic rings. The highest BCUT2D eigenvalue weighted by Gasteiger charge is 2.38. The van der Waals surface area contributed by atoms with Crippen molar-refractivity contribution >= 4 is 28.2 Å². The number of carboxylic acid groups (broad SMARTS) is 1. The molecule has 1 aromatic heterocycles. The Hall–Kier alpha value is -1.84. The largest absolute Gasteiger partial charge is 0.476 e. The number of nitrogens with zero attached hydrogens (tertiary/aromatic N) is 1. The molecule has 19 heavy (non-hydrogen) atoms. The number of alkyl halides is 3. The lowest BCUT2D eigenvalue weighted by Crippen LogP contribution is -2.29. The molecule has 0 unspecified atom stereocenters. The maximum absolute atomic E-state index is 12.5. The number of hydrogen-bond donors (Lipinski definition) is 3. The van der Waals surface area contributed by atoms with Gasteiger partial charge in [0.1, 0.15) is 11.0 Å². The number of carbonyl (C=O) groups is 2. The summed E-state index contributed by atoms with van der Waals surface area (Å²) in [6.07, 6.45) is -4.34. The standard InChI is InChI=1S/C9H8F3N3O3S/c10-9(11,12)8-15-4(7(17)18)6(19-8)14-3-1-2-13-5(3)16/h3,14H,1-2H2,(H,13,16)(H,17,18)/t3-/m1/s1. The molecule has 1 fully saturated rings. The average molecular weight is 295 g/mol. The lowest BCUT2D eigenvalue weighted by atomic mass is 10.2. The second-order valence-corrected chi connectivity index (χ2v) is 4.78. The van der Waals surface area contributed by atoms with Crippen molar-refractivity contribution in [2.24, 2.45) is 0 Å². The number of rotatable bonds is 3. The summed E-state index contributed by atoms with van der Waals surface area (Å²) in [5.41, 5.74) is -0.725. The summed E-state index contributed by atoms with van der Waals surface area (Å²) in [6, 6.07) is -0.736. The molecule has 0 aliphatic carbocycles. The number of halogens is 3. The molecule has 104 valence electrons. The first-order valence-electron chi connectivity index (χ1n) is 5.14. The predicted molar refractivity (Wildman–Crippen MR) is 59.1 cm³/mol. The summed E-state index contributed by atoms with van der Waals surface area (Å²) in [6.45, 7) is 0.393. The Balaban J connectivity index is 2.30. The van der Waals surface area contributed by atoms with Crippen LogP contribution in [0.4, 0.5) is 18.2 Å². The fourth-order valence-electron chi connectivity index (χ4n) is 1.57. The molecule has 0 bridgehead atoms. The van der Waals surface area contributed by atoms with Gasteiger partial charge in [-0.1, -0.05) is 11.3 Å². The van der Waals surface area contributed by atoms with Crippen molar-refractivity contribution in [3.63, 3.8) is 0 Å². The van der Waals surface area contributed by atoms with Crippen LogP contribution < -0.4 is 10.6 Å². The number of aromatic nitrogens is 1. The minimum absolute atomic E-state index is 0.176. The lowest BCUT2D eigenvalue weighted by molar-refractivity contribution is -0.137. The number of anilines is 1. The molecule has 2 rings (SSSR count). The van der Waals surface area contributed by atoms with E-state index in [1.54, 1.807) is 0 Å². The summed E-state index contributed by atoms with van der Waals surface area (Å²) in [5, 5.41) is 12.3. The summed E-state index contributed by atoms with van der Waals surface area (Å²) < 4.78 is 37.4. The number of aromatic carboxylic acids is 1. The van der Waals surface area contributed by atoms with Crippen LogP contribution >= 0.6 is 11.3 Å². The van der Waals surface area contributed by atoms with Gasteiger partial charge in [-0.15, -0.1) is 0 Å². The molecule has 10 heteroatoms. The quantitative estimate of drug-likeness (QED) is 0.778. The van der Waals surface area contributed by atoms with Crippen LogP contribution in [0, 0.1) is 0 Å². The third-order valence-electron chi connectivity index (χ3n) is 2.43. The van der Waals surface area contributed by atoms with Gasteiger partial charge in [-0.3, -0.25) is 4.79 Å². The van der Waals surface area contributed by atoms with E-state index in [9.17, 15) is 22.8 Å². The number of amides is 1. The molecule has 1 saturated heterocycles. The van der Waals surface area contributed by atoms with E-state index in [-0.39, 0.29) is 22.2 Å². The molecular formula is C9H8F3N3O3S. The van der Waals surface area contributed by atoms with E-state index in [0.29, 0.717) is 13.0 Å². The number of hydrogen-bond acceptors (Lipinski definition) is 5. The van der Waals surface area contributed by atoms with E-state index in [2.05, 4.69) is 15.6 Å². The fraction of sp³-hybridized carbons (Fsp3) is 0.444. The molecular weight excluding hydrogens is 287 g/mol. The van der Waals surface area contributed by atoms with Crippen LogP contribution in [0.25, 0.3) is 0 Å². The van der Waals surface area contributed by atoms with Crippen LogP contribution in [0.2, 0.25) is 0 Å². The van der Waals surface area contributed by atoms with E-state index < -0.39 is 28.9 Å². The molecule has 1 aliphatic rings.